The van der Waals surface area contributed by atoms with Gasteiger partial charge in [0.2, 0.25) is 0 Å². The van der Waals surface area contributed by atoms with E-state index in [0.29, 0.717) is 23.4 Å². The lowest BCUT2D eigenvalue weighted by molar-refractivity contribution is -0.143. The van der Waals surface area contributed by atoms with Crippen molar-refractivity contribution in [1.29, 1.82) is 0 Å². The predicted octanol–water partition coefficient (Wildman–Crippen LogP) is 7.35. The fourth-order valence-electron chi connectivity index (χ4n) is 5.26. The number of carbonyl (C=O) groups is 2. The maximum Gasteiger partial charge on any atom is 0.416 e. The van der Waals surface area contributed by atoms with Crippen LogP contribution in [0.25, 0.3) is 10.9 Å². The van der Waals surface area contributed by atoms with Crippen LogP contribution in [0, 0.1) is 0 Å². The highest BCUT2D eigenvalue weighted by molar-refractivity contribution is 5.95. The summed E-state index contributed by atoms with van der Waals surface area (Å²) in [5.74, 6) is -1.04. The second-order valence-corrected chi connectivity index (χ2v) is 10.5. The molecule has 5 rings (SSSR count). The molecule has 2 heterocycles. The number of ether oxygens (including phenoxy) is 2. The molecular formula is C32H26F6N2O4. The molecule has 4 aromatic rings. The standard InChI is InChI=1S/C32H26F6N2O4/c1-43-26-8-6-19(7-9-26)12-25-17-27(44-30(42)22-13-20-4-2-3-5-28(20)39-18-22)10-11-40(25)29(41)21-14-23(31(33,34)35)16-24(15-21)32(36,37)38/h2-9,13-16,18,25,27H,10-12,17H2,1H3/t25-,27+/m1/s1. The van der Waals surface area contributed by atoms with Crippen LogP contribution < -0.4 is 4.74 Å². The number of hydrogen-bond donors (Lipinski definition) is 0. The number of carbonyl (C=O) groups excluding carboxylic acids is 2. The van der Waals surface area contributed by atoms with Crippen LogP contribution in [-0.2, 0) is 23.5 Å². The van der Waals surface area contributed by atoms with Crippen molar-refractivity contribution >= 4 is 22.8 Å². The second-order valence-electron chi connectivity index (χ2n) is 10.5. The number of nitrogens with zero attached hydrogens (tertiary/aromatic N) is 2. The average molecular weight is 617 g/mol. The van der Waals surface area contributed by atoms with Crippen LogP contribution in [0.1, 0.15) is 50.2 Å². The van der Waals surface area contributed by atoms with Gasteiger partial charge in [0.25, 0.3) is 5.91 Å². The molecule has 1 saturated heterocycles. The van der Waals surface area contributed by atoms with E-state index in [1.54, 1.807) is 48.5 Å². The largest absolute Gasteiger partial charge is 0.497 e. The molecule has 1 amide bonds. The van der Waals surface area contributed by atoms with Crippen LogP contribution >= 0.6 is 0 Å². The molecule has 1 aromatic heterocycles. The number of alkyl halides is 6. The van der Waals surface area contributed by atoms with Gasteiger partial charge in [0.1, 0.15) is 11.9 Å². The van der Waals surface area contributed by atoms with E-state index in [1.165, 1.54) is 18.2 Å². The van der Waals surface area contributed by atoms with Gasteiger partial charge < -0.3 is 14.4 Å². The molecule has 2 atom stereocenters. The second kappa shape index (κ2) is 12.2. The summed E-state index contributed by atoms with van der Waals surface area (Å²) in [6.07, 6.45) is -9.04. The van der Waals surface area contributed by atoms with Crippen molar-refractivity contribution in [1.82, 2.24) is 9.88 Å². The summed E-state index contributed by atoms with van der Waals surface area (Å²) in [6, 6.07) is 15.9. The molecule has 6 nitrogen and oxygen atoms in total. The van der Waals surface area contributed by atoms with Gasteiger partial charge in [-0.15, -0.1) is 0 Å². The third-order valence-electron chi connectivity index (χ3n) is 7.49. The molecular weight excluding hydrogens is 590 g/mol. The third kappa shape index (κ3) is 6.95. The Kier molecular flexibility index (Phi) is 8.53. The van der Waals surface area contributed by atoms with Crippen LogP contribution in [-0.4, -0.2) is 47.6 Å². The topological polar surface area (TPSA) is 68.7 Å². The smallest absolute Gasteiger partial charge is 0.416 e. The number of halogens is 6. The number of para-hydroxylation sites is 1. The molecule has 1 fully saturated rings. The van der Waals surface area contributed by atoms with Gasteiger partial charge in [-0.05, 0) is 54.4 Å². The minimum Gasteiger partial charge on any atom is -0.497 e. The van der Waals surface area contributed by atoms with Gasteiger partial charge in [-0.3, -0.25) is 9.78 Å². The fraction of sp³-hybridized carbons (Fsp3) is 0.281. The van der Waals surface area contributed by atoms with Crippen molar-refractivity contribution in [2.45, 2.75) is 43.8 Å². The van der Waals surface area contributed by atoms with E-state index in [9.17, 15) is 35.9 Å². The Balaban J connectivity index is 1.42. The van der Waals surface area contributed by atoms with Gasteiger partial charge in [-0.1, -0.05) is 30.3 Å². The first-order valence-corrected chi connectivity index (χ1v) is 13.6. The number of rotatable bonds is 6. The molecule has 0 saturated carbocycles. The minimum absolute atomic E-state index is 0.0149. The number of hydrogen-bond acceptors (Lipinski definition) is 5. The normalized spacial score (nSPS) is 17.4. The van der Waals surface area contributed by atoms with Crippen molar-refractivity contribution in [2.24, 2.45) is 0 Å². The SMILES string of the molecule is COc1ccc(C[C@@H]2C[C@@H](OC(=O)c3cnc4ccccc4c3)CCN2C(=O)c2cc(C(F)(F)F)cc(C(F)(F)F)c2)cc1. The number of fused-ring (bicyclic) bond motifs is 1. The average Bonchev–Trinajstić information content (AvgIpc) is 3.00. The van der Waals surface area contributed by atoms with Gasteiger partial charge in [0.05, 0.1) is 29.3 Å². The number of piperidine rings is 1. The number of likely N-dealkylation sites (tertiary alicyclic amines) is 1. The molecule has 0 spiro atoms. The molecule has 1 aliphatic rings. The summed E-state index contributed by atoms with van der Waals surface area (Å²) >= 11 is 0. The zero-order valence-corrected chi connectivity index (χ0v) is 23.3. The van der Waals surface area contributed by atoms with Crippen LogP contribution in [0.4, 0.5) is 26.3 Å². The summed E-state index contributed by atoms with van der Waals surface area (Å²) < 4.78 is 92.0. The third-order valence-corrected chi connectivity index (χ3v) is 7.49. The van der Waals surface area contributed by atoms with E-state index in [0.717, 1.165) is 10.9 Å². The first-order chi connectivity index (χ1) is 20.8. The predicted molar refractivity (Wildman–Crippen MR) is 148 cm³/mol. The van der Waals surface area contributed by atoms with E-state index in [4.69, 9.17) is 9.47 Å². The van der Waals surface area contributed by atoms with Gasteiger partial charge in [0.15, 0.2) is 0 Å². The molecule has 0 unspecified atom stereocenters. The summed E-state index contributed by atoms with van der Waals surface area (Å²) in [4.78, 5) is 32.1. The van der Waals surface area contributed by atoms with Crippen LogP contribution in [0.15, 0.2) is 79.0 Å². The van der Waals surface area contributed by atoms with Crippen molar-refractivity contribution < 1.29 is 45.4 Å². The maximum atomic E-state index is 13.6. The van der Waals surface area contributed by atoms with Crippen molar-refractivity contribution in [3.8, 4) is 5.75 Å². The Hall–Kier alpha value is -4.61. The molecule has 3 aromatic carbocycles. The first-order valence-electron chi connectivity index (χ1n) is 13.6. The van der Waals surface area contributed by atoms with Crippen LogP contribution in [0.3, 0.4) is 0 Å². The van der Waals surface area contributed by atoms with Gasteiger partial charge in [0, 0.05) is 42.6 Å². The molecule has 0 N–H and O–H groups in total. The molecule has 0 radical (unpaired) electrons. The summed E-state index contributed by atoms with van der Waals surface area (Å²) in [5.41, 5.74) is -2.23. The molecule has 230 valence electrons. The van der Waals surface area contributed by atoms with E-state index >= 15 is 0 Å². The zero-order valence-electron chi connectivity index (χ0n) is 23.3. The van der Waals surface area contributed by atoms with Crippen LogP contribution in [0.2, 0.25) is 0 Å². The number of amides is 1. The maximum absolute atomic E-state index is 13.6. The lowest BCUT2D eigenvalue weighted by atomic mass is 9.92. The molecule has 1 aliphatic heterocycles. The van der Waals surface area contributed by atoms with Crippen molar-refractivity contribution in [3.05, 3.63) is 107 Å². The molecule has 0 aliphatic carbocycles. The van der Waals surface area contributed by atoms with Gasteiger partial charge in [-0.25, -0.2) is 4.79 Å². The van der Waals surface area contributed by atoms with Crippen LogP contribution in [0.5, 0.6) is 5.75 Å². The lowest BCUT2D eigenvalue weighted by Crippen LogP contribution is -2.49. The molecule has 0 bridgehead atoms. The molecule has 12 heteroatoms. The van der Waals surface area contributed by atoms with Gasteiger partial charge in [-0.2, -0.15) is 26.3 Å². The monoisotopic (exact) mass is 616 g/mol. The number of pyridine rings is 1. The first kappa shape index (κ1) is 30.8. The Morgan fingerprint density at radius 3 is 2.18 bits per heavy atom. The number of esters is 1. The highest BCUT2D eigenvalue weighted by Crippen LogP contribution is 2.37. The van der Waals surface area contributed by atoms with E-state index in [-0.39, 0.29) is 37.4 Å². The number of methoxy groups -OCH3 is 1. The minimum atomic E-state index is -5.10. The highest BCUT2D eigenvalue weighted by atomic mass is 19.4. The van der Waals surface area contributed by atoms with E-state index in [1.807, 2.05) is 6.07 Å². The van der Waals surface area contributed by atoms with Gasteiger partial charge >= 0.3 is 18.3 Å². The zero-order chi connectivity index (χ0) is 31.6. The summed E-state index contributed by atoms with van der Waals surface area (Å²) in [7, 11) is 1.49. The van der Waals surface area contributed by atoms with Crippen molar-refractivity contribution in [2.75, 3.05) is 13.7 Å². The summed E-state index contributed by atoms with van der Waals surface area (Å²) in [6.45, 7) is -0.0643. The summed E-state index contributed by atoms with van der Waals surface area (Å²) in [5, 5.41) is 0.735. The Morgan fingerprint density at radius 1 is 0.886 bits per heavy atom. The Morgan fingerprint density at radius 2 is 1.55 bits per heavy atom. The fourth-order valence-corrected chi connectivity index (χ4v) is 5.26. The van der Waals surface area contributed by atoms with Crippen molar-refractivity contribution in [3.63, 3.8) is 0 Å². The lowest BCUT2D eigenvalue weighted by Gasteiger charge is -2.39. The quantitative estimate of drug-likeness (QED) is 0.167. The van der Waals surface area contributed by atoms with E-state index < -0.39 is 53.1 Å². The number of benzene rings is 3. The number of aromatic nitrogens is 1. The Labute approximate surface area is 248 Å². The Bertz CT molecular complexity index is 1640. The molecule has 44 heavy (non-hydrogen) atoms. The van der Waals surface area contributed by atoms with E-state index in [2.05, 4.69) is 4.98 Å². The highest BCUT2D eigenvalue weighted by Gasteiger charge is 2.39.